The van der Waals surface area contributed by atoms with E-state index in [0.717, 1.165) is 0 Å². The van der Waals surface area contributed by atoms with Gasteiger partial charge in [-0.2, -0.15) is 16.9 Å². The quantitative estimate of drug-likeness (QED) is 0.735. The minimum absolute atomic E-state index is 0.0988. The number of rotatable bonds is 8. The molecule has 21 heavy (non-hydrogen) atoms. The van der Waals surface area contributed by atoms with Crippen molar-refractivity contribution in [2.24, 2.45) is 0 Å². The molecule has 1 rings (SSSR count). The largest absolute Gasteiger partial charge is 0.481 e. The Balaban J connectivity index is 2.99. The maximum Gasteiger partial charge on any atom is 0.305 e. The lowest BCUT2D eigenvalue weighted by Gasteiger charge is -2.11. The summed E-state index contributed by atoms with van der Waals surface area (Å²) in [5.41, 5.74) is 0.834. The van der Waals surface area contributed by atoms with Crippen LogP contribution in [0.1, 0.15) is 24.7 Å². The Hall–Kier alpha value is -1.06. The maximum atomic E-state index is 12.4. The molecule has 0 amide bonds. The van der Waals surface area contributed by atoms with E-state index in [-0.39, 0.29) is 23.1 Å². The van der Waals surface area contributed by atoms with Gasteiger partial charge in [0, 0.05) is 11.8 Å². The van der Waals surface area contributed by atoms with Crippen molar-refractivity contribution < 1.29 is 18.3 Å². The second-order valence-corrected chi connectivity index (χ2v) is 7.74. The molecule has 0 aliphatic heterocycles. The summed E-state index contributed by atoms with van der Waals surface area (Å²) in [5, 5.41) is 13.0. The highest BCUT2D eigenvalue weighted by Crippen LogP contribution is 2.19. The van der Waals surface area contributed by atoms with Gasteiger partial charge in [0.1, 0.15) is 4.90 Å². The van der Waals surface area contributed by atoms with Gasteiger partial charge in [-0.1, -0.05) is 6.92 Å². The number of carboxylic acids is 1. The molecule has 1 aromatic heterocycles. The minimum Gasteiger partial charge on any atom is -0.481 e. The van der Waals surface area contributed by atoms with E-state index in [1.54, 1.807) is 25.6 Å². The molecule has 0 fully saturated rings. The molecule has 1 aromatic rings. The molecule has 1 heterocycles. The molecule has 0 saturated heterocycles. The van der Waals surface area contributed by atoms with Crippen LogP contribution in [0.5, 0.6) is 0 Å². The van der Waals surface area contributed by atoms with Gasteiger partial charge >= 0.3 is 5.97 Å². The summed E-state index contributed by atoms with van der Waals surface area (Å²) in [7, 11) is -3.64. The average molecular weight is 335 g/mol. The van der Waals surface area contributed by atoms with Gasteiger partial charge < -0.3 is 5.11 Å². The van der Waals surface area contributed by atoms with Crippen LogP contribution in [0.2, 0.25) is 0 Å². The number of hydrogen-bond donors (Lipinski definition) is 2. The van der Waals surface area contributed by atoms with Crippen molar-refractivity contribution >= 4 is 27.8 Å². The monoisotopic (exact) mass is 335 g/mol. The van der Waals surface area contributed by atoms with E-state index < -0.39 is 16.0 Å². The fraction of sp³-hybridized carbons (Fsp3) is 0.667. The molecule has 120 valence electrons. The van der Waals surface area contributed by atoms with Gasteiger partial charge in [0.25, 0.3) is 0 Å². The number of carboxylic acid groups (broad SMARTS) is 1. The highest BCUT2D eigenvalue weighted by atomic mass is 32.2. The molecule has 0 saturated carbocycles. The molecular weight excluding hydrogens is 314 g/mol. The minimum atomic E-state index is -3.64. The van der Waals surface area contributed by atoms with Gasteiger partial charge in [0.2, 0.25) is 10.0 Å². The van der Waals surface area contributed by atoms with Crippen molar-refractivity contribution in [2.45, 2.75) is 43.9 Å². The zero-order valence-corrected chi connectivity index (χ0v) is 14.2. The Morgan fingerprint density at radius 3 is 2.62 bits per heavy atom. The highest BCUT2D eigenvalue weighted by Gasteiger charge is 2.24. The first-order valence-corrected chi connectivity index (χ1v) is 9.24. The van der Waals surface area contributed by atoms with Crippen LogP contribution in [-0.4, -0.2) is 47.3 Å². The summed E-state index contributed by atoms with van der Waals surface area (Å²) < 4.78 is 28.7. The first-order valence-electron chi connectivity index (χ1n) is 6.47. The Kier molecular flexibility index (Phi) is 6.24. The summed E-state index contributed by atoms with van der Waals surface area (Å²) in [6, 6.07) is 0. The number of carbonyl (C=O) groups is 1. The predicted molar refractivity (Wildman–Crippen MR) is 82.1 cm³/mol. The molecule has 0 spiro atoms. The van der Waals surface area contributed by atoms with Gasteiger partial charge in [0.15, 0.2) is 0 Å². The van der Waals surface area contributed by atoms with Crippen LogP contribution in [0.25, 0.3) is 0 Å². The Morgan fingerprint density at radius 1 is 1.48 bits per heavy atom. The van der Waals surface area contributed by atoms with Crippen molar-refractivity contribution in [1.82, 2.24) is 14.5 Å². The third-order valence-electron chi connectivity index (χ3n) is 3.08. The number of aliphatic carboxylic acids is 1. The van der Waals surface area contributed by atoms with Crippen molar-refractivity contribution in [3.63, 3.8) is 0 Å². The lowest BCUT2D eigenvalue weighted by Crippen LogP contribution is -2.30. The lowest BCUT2D eigenvalue weighted by atomic mass is 10.4. The van der Waals surface area contributed by atoms with Gasteiger partial charge in [-0.3, -0.25) is 9.48 Å². The Bertz CT molecular complexity index is 610. The van der Waals surface area contributed by atoms with Gasteiger partial charge in [-0.25, -0.2) is 13.1 Å². The molecule has 2 N–H and O–H groups in total. The average Bonchev–Trinajstić information content (AvgIpc) is 2.68. The maximum absolute atomic E-state index is 12.4. The van der Waals surface area contributed by atoms with Crippen LogP contribution in [0.15, 0.2) is 4.90 Å². The SMILES string of the molecule is CSC(C)CNS(=O)(=O)c1c(C)nn(CCC(=O)O)c1C. The Morgan fingerprint density at radius 2 is 2.10 bits per heavy atom. The molecule has 0 aromatic carbocycles. The van der Waals surface area contributed by atoms with Crippen LogP contribution < -0.4 is 4.72 Å². The smallest absolute Gasteiger partial charge is 0.305 e. The first kappa shape index (κ1) is 18.0. The second kappa shape index (κ2) is 7.28. The van der Waals surface area contributed by atoms with E-state index in [1.807, 2.05) is 13.2 Å². The van der Waals surface area contributed by atoms with Crippen molar-refractivity contribution in [2.75, 3.05) is 12.8 Å². The van der Waals surface area contributed by atoms with Crippen molar-refractivity contribution in [3.05, 3.63) is 11.4 Å². The zero-order valence-electron chi connectivity index (χ0n) is 12.6. The first-order chi connectivity index (χ1) is 9.69. The number of thioether (sulfide) groups is 1. The molecule has 0 aliphatic rings. The van der Waals surface area contributed by atoms with Crippen molar-refractivity contribution in [3.8, 4) is 0 Å². The third-order valence-corrected chi connectivity index (χ3v) is 5.73. The number of nitrogens with zero attached hydrogens (tertiary/aromatic N) is 2. The fourth-order valence-corrected chi connectivity index (χ4v) is 3.76. The van der Waals surface area contributed by atoms with E-state index in [4.69, 9.17) is 5.11 Å². The number of sulfonamides is 1. The Labute approximate surface area is 129 Å². The highest BCUT2D eigenvalue weighted by molar-refractivity contribution is 7.99. The van der Waals surface area contributed by atoms with E-state index >= 15 is 0 Å². The van der Waals surface area contributed by atoms with Gasteiger partial charge in [-0.15, -0.1) is 0 Å². The molecule has 0 aliphatic carbocycles. The van der Waals surface area contributed by atoms with E-state index in [9.17, 15) is 13.2 Å². The van der Waals surface area contributed by atoms with E-state index in [2.05, 4.69) is 9.82 Å². The van der Waals surface area contributed by atoms with E-state index in [0.29, 0.717) is 17.9 Å². The summed E-state index contributed by atoms with van der Waals surface area (Å²) in [4.78, 5) is 10.7. The molecular formula is C12H21N3O4S2. The third kappa shape index (κ3) is 4.72. The summed E-state index contributed by atoms with van der Waals surface area (Å²) in [6.07, 6.45) is 1.82. The molecule has 0 bridgehead atoms. The summed E-state index contributed by atoms with van der Waals surface area (Å²) >= 11 is 1.57. The number of nitrogens with one attached hydrogen (secondary N) is 1. The molecule has 7 nitrogen and oxygen atoms in total. The van der Waals surface area contributed by atoms with E-state index in [1.165, 1.54) is 4.68 Å². The topological polar surface area (TPSA) is 101 Å². The predicted octanol–water partition coefficient (Wildman–Crippen LogP) is 1.00. The number of hydrogen-bond acceptors (Lipinski definition) is 5. The molecule has 1 atom stereocenters. The number of aromatic nitrogens is 2. The zero-order chi connectivity index (χ0) is 16.2. The number of aryl methyl sites for hydroxylation is 2. The van der Waals surface area contributed by atoms with Crippen LogP contribution in [0.3, 0.4) is 0 Å². The van der Waals surface area contributed by atoms with Gasteiger partial charge in [-0.05, 0) is 20.1 Å². The lowest BCUT2D eigenvalue weighted by molar-refractivity contribution is -0.137. The fourth-order valence-electron chi connectivity index (χ4n) is 1.87. The molecule has 9 heteroatoms. The van der Waals surface area contributed by atoms with Gasteiger partial charge in [0.05, 0.1) is 24.4 Å². The second-order valence-electron chi connectivity index (χ2n) is 4.77. The molecule has 1 unspecified atom stereocenters. The van der Waals surface area contributed by atoms with Crippen LogP contribution in [-0.2, 0) is 21.4 Å². The molecule has 0 radical (unpaired) electrons. The van der Waals surface area contributed by atoms with Crippen molar-refractivity contribution in [1.29, 1.82) is 0 Å². The summed E-state index contributed by atoms with van der Waals surface area (Å²) in [6.45, 7) is 5.66. The van der Waals surface area contributed by atoms with Crippen LogP contribution >= 0.6 is 11.8 Å². The summed E-state index contributed by atoms with van der Waals surface area (Å²) in [5.74, 6) is -0.945. The van der Waals surface area contributed by atoms with Crippen LogP contribution in [0.4, 0.5) is 0 Å². The van der Waals surface area contributed by atoms with Crippen LogP contribution in [0, 0.1) is 13.8 Å². The standard InChI is InChI=1S/C12H21N3O4S2/c1-8(20-4)7-13-21(18,19)12-9(2)14-15(10(12)3)6-5-11(16)17/h8,13H,5-7H2,1-4H3,(H,16,17). The normalized spacial score (nSPS) is 13.3.